The van der Waals surface area contributed by atoms with Gasteiger partial charge in [0.25, 0.3) is 0 Å². The lowest BCUT2D eigenvalue weighted by Crippen LogP contribution is -2.43. The first kappa shape index (κ1) is 30.8. The number of esters is 1. The van der Waals surface area contributed by atoms with E-state index in [9.17, 15) is 44.3 Å². The Hall–Kier alpha value is -2.76. The number of hydrogen-bond donors (Lipinski definition) is 0. The molecule has 2 aromatic carbocycles. The van der Waals surface area contributed by atoms with Gasteiger partial charge in [0.15, 0.2) is 0 Å². The van der Waals surface area contributed by atoms with Gasteiger partial charge < -0.3 is 4.74 Å². The molecule has 0 spiro atoms. The average molecular weight is 570 g/mol. The molecule has 1 fully saturated rings. The number of likely N-dealkylation sites (tertiary alicyclic amines) is 1. The highest BCUT2D eigenvalue weighted by Crippen LogP contribution is 2.45. The van der Waals surface area contributed by atoms with Gasteiger partial charge in [0.1, 0.15) is 0 Å². The third-order valence-corrected chi connectivity index (χ3v) is 7.09. The van der Waals surface area contributed by atoms with Crippen molar-refractivity contribution in [1.82, 2.24) is 4.90 Å². The largest absolute Gasteiger partial charge is 0.469 e. The van der Waals surface area contributed by atoms with E-state index >= 15 is 0 Å². The monoisotopic (exact) mass is 569 g/mol. The third-order valence-electron chi connectivity index (χ3n) is 7.09. The number of carbonyl (C=O) groups is 1. The predicted molar refractivity (Wildman–Crippen MR) is 124 cm³/mol. The Labute approximate surface area is 219 Å². The maximum Gasteiger partial charge on any atom is 0.416 e. The zero-order chi connectivity index (χ0) is 29.2. The van der Waals surface area contributed by atoms with E-state index in [4.69, 9.17) is 4.74 Å². The predicted octanol–water partition coefficient (Wildman–Crippen LogP) is 8.29. The Bertz CT molecular complexity index is 1120. The van der Waals surface area contributed by atoms with Crippen molar-refractivity contribution in [3.05, 3.63) is 70.3 Å². The summed E-state index contributed by atoms with van der Waals surface area (Å²) in [5, 5.41) is 0. The first-order valence-corrected chi connectivity index (χ1v) is 12.3. The highest BCUT2D eigenvalue weighted by molar-refractivity contribution is 5.72. The summed E-state index contributed by atoms with van der Waals surface area (Å²) in [5.41, 5.74) is -3.70. The number of benzene rings is 2. The number of ether oxygens (including phenoxy) is 1. The molecular weight excluding hydrogens is 541 g/mol. The van der Waals surface area contributed by atoms with Crippen LogP contribution in [0.5, 0.6) is 0 Å². The van der Waals surface area contributed by atoms with Gasteiger partial charge in [0.05, 0.1) is 29.7 Å². The van der Waals surface area contributed by atoms with E-state index in [2.05, 4.69) is 0 Å². The summed E-state index contributed by atoms with van der Waals surface area (Å²) in [6, 6.07) is 4.47. The number of halogens is 9. The summed E-state index contributed by atoms with van der Waals surface area (Å²) in [6.07, 6.45) is -12.7. The van der Waals surface area contributed by atoms with Gasteiger partial charge in [0, 0.05) is 12.6 Å². The average Bonchev–Trinajstić information content (AvgIpc) is 2.85. The van der Waals surface area contributed by atoms with Gasteiger partial charge in [-0.15, -0.1) is 0 Å². The summed E-state index contributed by atoms with van der Waals surface area (Å²) in [5.74, 6) is -1.82. The number of carbonyl (C=O) groups excluding carboxylic acids is 1. The third kappa shape index (κ3) is 7.26. The Morgan fingerprint density at radius 2 is 1.51 bits per heavy atom. The lowest BCUT2D eigenvalue weighted by Gasteiger charge is -2.44. The van der Waals surface area contributed by atoms with Crippen molar-refractivity contribution >= 4 is 5.97 Å². The van der Waals surface area contributed by atoms with Gasteiger partial charge in [-0.3, -0.25) is 9.69 Å². The molecule has 2 aromatic rings. The van der Waals surface area contributed by atoms with Gasteiger partial charge in [-0.25, -0.2) is 0 Å². The van der Waals surface area contributed by atoms with Crippen molar-refractivity contribution in [2.75, 3.05) is 13.7 Å². The fourth-order valence-corrected chi connectivity index (χ4v) is 5.39. The standard InChI is InChI=1S/C27H28F9NO2/c1-3-5-21(24(38)39-2)20-6-4-13-37(23(20)16-7-9-18(10-8-16)25(28,29)30)15-17-14-19(26(31,32)33)11-12-22(17)27(34,35)36/h7-12,14,20-21,23H,3-6,13,15H2,1-2H3/t20-,21-,23-/m0/s1. The van der Waals surface area contributed by atoms with Crippen LogP contribution in [-0.4, -0.2) is 24.5 Å². The second-order valence-corrected chi connectivity index (χ2v) is 9.63. The molecule has 3 rings (SSSR count). The van der Waals surface area contributed by atoms with Crippen LogP contribution in [0, 0.1) is 11.8 Å². The number of piperidine rings is 1. The minimum absolute atomic E-state index is 0.162. The second-order valence-electron chi connectivity index (χ2n) is 9.63. The Morgan fingerprint density at radius 1 is 0.923 bits per heavy atom. The number of nitrogens with zero attached hydrogens (tertiary/aromatic N) is 1. The van der Waals surface area contributed by atoms with Crippen molar-refractivity contribution in [3.8, 4) is 0 Å². The van der Waals surface area contributed by atoms with Crippen LogP contribution in [0.15, 0.2) is 42.5 Å². The molecule has 1 saturated heterocycles. The van der Waals surface area contributed by atoms with Crippen molar-refractivity contribution < 1.29 is 49.0 Å². The van der Waals surface area contributed by atoms with Crippen LogP contribution < -0.4 is 0 Å². The molecule has 0 unspecified atom stereocenters. The highest BCUT2D eigenvalue weighted by Gasteiger charge is 2.43. The Balaban J connectivity index is 2.13. The van der Waals surface area contributed by atoms with Gasteiger partial charge in [-0.2, -0.15) is 39.5 Å². The molecule has 3 nitrogen and oxygen atoms in total. The van der Waals surface area contributed by atoms with E-state index in [0.717, 1.165) is 12.1 Å². The minimum atomic E-state index is -4.94. The zero-order valence-electron chi connectivity index (χ0n) is 21.2. The lowest BCUT2D eigenvalue weighted by molar-refractivity contribution is -0.150. The van der Waals surface area contributed by atoms with Crippen molar-refractivity contribution in [2.45, 2.75) is 63.7 Å². The molecule has 0 saturated carbocycles. The quantitative estimate of drug-likeness (QED) is 0.248. The molecule has 1 aliphatic rings. The maximum atomic E-state index is 13.8. The topological polar surface area (TPSA) is 29.5 Å². The van der Waals surface area contributed by atoms with Crippen LogP contribution >= 0.6 is 0 Å². The van der Waals surface area contributed by atoms with Gasteiger partial charge in [0.2, 0.25) is 0 Å². The van der Waals surface area contributed by atoms with E-state index in [1.807, 2.05) is 6.92 Å². The fraction of sp³-hybridized carbons (Fsp3) is 0.519. The molecule has 1 aliphatic heterocycles. The number of rotatable bonds is 7. The minimum Gasteiger partial charge on any atom is -0.469 e. The number of hydrogen-bond acceptors (Lipinski definition) is 3. The van der Waals surface area contributed by atoms with Crippen molar-refractivity contribution in [1.29, 1.82) is 0 Å². The molecule has 0 aromatic heterocycles. The van der Waals surface area contributed by atoms with Gasteiger partial charge in [-0.05, 0) is 73.2 Å². The normalized spacial score (nSPS) is 20.1. The summed E-state index contributed by atoms with van der Waals surface area (Å²) in [7, 11) is 1.19. The zero-order valence-corrected chi connectivity index (χ0v) is 21.2. The molecule has 1 heterocycles. The molecule has 3 atom stereocenters. The molecule has 0 bridgehead atoms. The first-order valence-electron chi connectivity index (χ1n) is 12.3. The maximum absolute atomic E-state index is 13.8. The van der Waals surface area contributed by atoms with E-state index in [1.54, 1.807) is 0 Å². The molecule has 39 heavy (non-hydrogen) atoms. The SMILES string of the molecule is CCC[C@H](C(=O)OC)[C@@H]1CCCN(Cc2cc(C(F)(F)F)ccc2C(F)(F)F)[C@H]1c1ccc(C(F)(F)F)cc1. The van der Waals surface area contributed by atoms with Crippen LogP contribution in [0.1, 0.15) is 66.5 Å². The smallest absolute Gasteiger partial charge is 0.416 e. The van der Waals surface area contributed by atoms with Crippen LogP contribution in [0.3, 0.4) is 0 Å². The van der Waals surface area contributed by atoms with Crippen LogP contribution in [0.2, 0.25) is 0 Å². The van der Waals surface area contributed by atoms with Crippen molar-refractivity contribution in [3.63, 3.8) is 0 Å². The van der Waals surface area contributed by atoms with Crippen LogP contribution in [0.25, 0.3) is 0 Å². The van der Waals surface area contributed by atoms with E-state index < -0.39 is 71.2 Å². The molecule has 216 valence electrons. The van der Waals surface area contributed by atoms with E-state index in [0.29, 0.717) is 49.4 Å². The number of methoxy groups -OCH3 is 1. The summed E-state index contributed by atoms with van der Waals surface area (Å²) in [6.45, 7) is 1.43. The van der Waals surface area contributed by atoms with Crippen molar-refractivity contribution in [2.24, 2.45) is 11.8 Å². The van der Waals surface area contributed by atoms with Crippen LogP contribution in [-0.2, 0) is 34.6 Å². The second kappa shape index (κ2) is 11.8. The van der Waals surface area contributed by atoms with E-state index in [-0.39, 0.29) is 6.54 Å². The summed E-state index contributed by atoms with van der Waals surface area (Å²) >= 11 is 0. The molecule has 0 N–H and O–H groups in total. The van der Waals surface area contributed by atoms with E-state index in [1.165, 1.54) is 24.1 Å². The summed E-state index contributed by atoms with van der Waals surface area (Å²) < 4.78 is 126. The Kier molecular flexibility index (Phi) is 9.29. The first-order chi connectivity index (χ1) is 18.1. The molecule has 0 aliphatic carbocycles. The fourth-order valence-electron chi connectivity index (χ4n) is 5.39. The van der Waals surface area contributed by atoms with Crippen LogP contribution in [0.4, 0.5) is 39.5 Å². The molecule has 0 radical (unpaired) electrons. The lowest BCUT2D eigenvalue weighted by atomic mass is 9.74. The Morgan fingerprint density at radius 3 is 2.03 bits per heavy atom. The number of alkyl halides is 9. The summed E-state index contributed by atoms with van der Waals surface area (Å²) in [4.78, 5) is 14.2. The molecular formula is C27H28F9NO2. The molecule has 12 heteroatoms. The highest BCUT2D eigenvalue weighted by atomic mass is 19.4. The van der Waals surface area contributed by atoms with Gasteiger partial charge >= 0.3 is 24.5 Å². The molecule has 0 amide bonds. The van der Waals surface area contributed by atoms with Gasteiger partial charge in [-0.1, -0.05) is 25.5 Å².